The molecule has 0 aliphatic heterocycles. The van der Waals surface area contributed by atoms with Gasteiger partial charge in [0.2, 0.25) is 0 Å². The summed E-state index contributed by atoms with van der Waals surface area (Å²) in [5.74, 6) is -0.200. The molecule has 1 unspecified atom stereocenters. The molecule has 1 aromatic carbocycles. The number of nitrogens with zero attached hydrogens (tertiary/aromatic N) is 1. The van der Waals surface area contributed by atoms with Crippen molar-refractivity contribution in [2.24, 2.45) is 10.6 Å². The van der Waals surface area contributed by atoms with E-state index in [2.05, 4.69) is 53.0 Å². The van der Waals surface area contributed by atoms with E-state index in [9.17, 15) is 4.79 Å². The Labute approximate surface area is 146 Å². The van der Waals surface area contributed by atoms with Crippen molar-refractivity contribution in [3.8, 4) is 0 Å². The van der Waals surface area contributed by atoms with Gasteiger partial charge in [-0.25, -0.2) is 0 Å². The van der Waals surface area contributed by atoms with Crippen LogP contribution in [0.2, 0.25) is 0 Å². The largest absolute Gasteiger partial charge is 0.386 e. The van der Waals surface area contributed by atoms with Crippen LogP contribution in [0.5, 0.6) is 0 Å². The van der Waals surface area contributed by atoms with Gasteiger partial charge in [0.1, 0.15) is 0 Å². The van der Waals surface area contributed by atoms with Gasteiger partial charge in [-0.15, -0.1) is 0 Å². The Hall–Kier alpha value is -1.11. The van der Waals surface area contributed by atoms with Crippen LogP contribution in [0.15, 0.2) is 23.4 Å². The molecule has 22 heavy (non-hydrogen) atoms. The summed E-state index contributed by atoms with van der Waals surface area (Å²) >= 11 is 2.35. The molecule has 0 spiro atoms. The summed E-state index contributed by atoms with van der Waals surface area (Å²) in [5, 5.41) is 6.93. The molecule has 0 heterocycles. The lowest BCUT2D eigenvalue weighted by molar-refractivity contribution is -0.120. The van der Waals surface area contributed by atoms with Crippen LogP contribution in [-0.4, -0.2) is 22.7 Å². The summed E-state index contributed by atoms with van der Waals surface area (Å²) in [6.45, 7) is 10.2. The fourth-order valence-electron chi connectivity index (χ4n) is 1.99. The fourth-order valence-corrected chi connectivity index (χ4v) is 3.08. The molecule has 1 amide bonds. The van der Waals surface area contributed by atoms with Crippen LogP contribution in [0.25, 0.3) is 0 Å². The first-order chi connectivity index (χ1) is 10.3. The van der Waals surface area contributed by atoms with Gasteiger partial charge in [-0.2, -0.15) is 0 Å². The van der Waals surface area contributed by atoms with Crippen LogP contribution >= 0.6 is 22.6 Å². The van der Waals surface area contributed by atoms with Crippen molar-refractivity contribution in [1.82, 2.24) is 0 Å². The second-order valence-electron chi connectivity index (χ2n) is 5.92. The van der Waals surface area contributed by atoms with E-state index < -0.39 is 0 Å². The second kappa shape index (κ2) is 8.50. The van der Waals surface area contributed by atoms with Crippen molar-refractivity contribution in [2.75, 3.05) is 16.4 Å². The van der Waals surface area contributed by atoms with Crippen molar-refractivity contribution in [2.45, 2.75) is 41.0 Å². The Morgan fingerprint density at radius 2 is 1.91 bits per heavy atom. The van der Waals surface area contributed by atoms with Crippen LogP contribution in [0.4, 0.5) is 5.69 Å². The predicted molar refractivity (Wildman–Crippen MR) is 101 cm³/mol. The number of alkyl halides is 1. The first-order valence-electron chi connectivity index (χ1n) is 7.42. The minimum Gasteiger partial charge on any atom is -0.386 e. The van der Waals surface area contributed by atoms with Crippen LogP contribution in [0.1, 0.15) is 38.3 Å². The molecule has 0 aromatic heterocycles. The number of halogens is 1. The van der Waals surface area contributed by atoms with Crippen LogP contribution in [0.3, 0.4) is 0 Å². The van der Waals surface area contributed by atoms with Crippen molar-refractivity contribution in [1.29, 1.82) is 0 Å². The van der Waals surface area contributed by atoms with Crippen molar-refractivity contribution in [3.63, 3.8) is 0 Å². The molecule has 0 aliphatic carbocycles. The number of rotatable bonds is 7. The van der Waals surface area contributed by atoms with Gasteiger partial charge in [-0.05, 0) is 50.5 Å². The molecule has 4 nitrogen and oxygen atoms in total. The van der Waals surface area contributed by atoms with E-state index >= 15 is 0 Å². The lowest BCUT2D eigenvalue weighted by Crippen LogP contribution is -2.27. The number of nitrogens with one attached hydrogen (secondary N) is 1. The van der Waals surface area contributed by atoms with Gasteiger partial charge in [-0.1, -0.05) is 47.7 Å². The highest BCUT2D eigenvalue weighted by molar-refractivity contribution is 14.1. The minimum absolute atomic E-state index is 0.0185. The number of amides is 1. The minimum atomic E-state index is -0.200. The van der Waals surface area contributed by atoms with Crippen molar-refractivity contribution >= 4 is 39.9 Å². The maximum absolute atomic E-state index is 11.9. The second-order valence-corrected chi connectivity index (χ2v) is 6.69. The third-order valence-electron chi connectivity index (χ3n) is 3.85. The van der Waals surface area contributed by atoms with Gasteiger partial charge >= 0.3 is 0 Å². The Balaban J connectivity index is 2.56. The summed E-state index contributed by atoms with van der Waals surface area (Å²) in [4.78, 5) is 17.1. The first kappa shape index (κ1) is 18.9. The monoisotopic (exact) mass is 416 g/mol. The quantitative estimate of drug-likeness (QED) is 0.308. The Morgan fingerprint density at radius 3 is 2.41 bits per heavy atom. The van der Waals surface area contributed by atoms with E-state index in [4.69, 9.17) is 4.84 Å². The van der Waals surface area contributed by atoms with Crippen molar-refractivity contribution < 1.29 is 9.63 Å². The molecule has 0 radical (unpaired) electrons. The summed E-state index contributed by atoms with van der Waals surface area (Å²) in [5.41, 5.74) is 3.96. The summed E-state index contributed by atoms with van der Waals surface area (Å²) in [6.07, 6.45) is 0.989. The zero-order valence-electron chi connectivity index (χ0n) is 14.0. The van der Waals surface area contributed by atoms with Gasteiger partial charge in [-0.3, -0.25) is 4.79 Å². The van der Waals surface area contributed by atoms with E-state index in [0.717, 1.165) is 33.4 Å². The van der Waals surface area contributed by atoms with E-state index in [-0.39, 0.29) is 17.9 Å². The standard InChI is InChI=1S/C17H25IN2O2/c1-6-17(5,11-18)14(4)20-22-10-16(21)19-15-8-12(2)7-13(3)9-15/h7-9H,6,10-11H2,1-5H3,(H,19,21). The number of oxime groups is 1. The van der Waals surface area contributed by atoms with Crippen LogP contribution < -0.4 is 5.32 Å². The van der Waals surface area contributed by atoms with Crippen LogP contribution in [0, 0.1) is 19.3 Å². The van der Waals surface area contributed by atoms with E-state index in [1.807, 2.05) is 32.9 Å². The SMILES string of the molecule is CCC(C)(CI)C(C)=NOCC(=O)Nc1cc(C)cc(C)c1. The van der Waals surface area contributed by atoms with Gasteiger partial charge in [0.25, 0.3) is 5.91 Å². The molecule has 0 fully saturated rings. The molecular weight excluding hydrogens is 391 g/mol. The number of aryl methyl sites for hydroxylation is 2. The average molecular weight is 416 g/mol. The summed E-state index contributed by atoms with van der Waals surface area (Å²) in [7, 11) is 0. The molecule has 0 bridgehead atoms. The van der Waals surface area contributed by atoms with E-state index in [1.54, 1.807) is 0 Å². The third-order valence-corrected chi connectivity index (χ3v) is 5.53. The fraction of sp³-hybridized carbons (Fsp3) is 0.529. The molecule has 122 valence electrons. The van der Waals surface area contributed by atoms with Gasteiger partial charge in [0.15, 0.2) is 6.61 Å². The highest BCUT2D eigenvalue weighted by Gasteiger charge is 2.24. The summed E-state index contributed by atoms with van der Waals surface area (Å²) in [6, 6.07) is 5.93. The summed E-state index contributed by atoms with van der Waals surface area (Å²) < 4.78 is 0.967. The molecule has 5 heteroatoms. The molecular formula is C17H25IN2O2. The predicted octanol–water partition coefficient (Wildman–Crippen LogP) is 4.49. The van der Waals surface area contributed by atoms with Gasteiger partial charge in [0, 0.05) is 15.5 Å². The number of benzene rings is 1. The first-order valence-corrected chi connectivity index (χ1v) is 8.94. The lowest BCUT2D eigenvalue weighted by atomic mass is 9.86. The Morgan fingerprint density at radius 1 is 1.32 bits per heavy atom. The molecule has 0 aliphatic rings. The Bertz CT molecular complexity index is 531. The molecule has 0 saturated heterocycles. The molecule has 1 atom stereocenters. The molecule has 1 aromatic rings. The number of carbonyl (C=O) groups excluding carboxylic acids is 1. The smallest absolute Gasteiger partial charge is 0.265 e. The zero-order chi connectivity index (χ0) is 16.8. The number of carbonyl (C=O) groups is 1. The zero-order valence-corrected chi connectivity index (χ0v) is 16.2. The highest BCUT2D eigenvalue weighted by atomic mass is 127. The van der Waals surface area contributed by atoms with E-state index in [1.165, 1.54) is 0 Å². The lowest BCUT2D eigenvalue weighted by Gasteiger charge is -2.24. The number of anilines is 1. The van der Waals surface area contributed by atoms with Crippen LogP contribution in [-0.2, 0) is 9.63 Å². The maximum Gasteiger partial charge on any atom is 0.265 e. The number of hydrogen-bond donors (Lipinski definition) is 1. The van der Waals surface area contributed by atoms with Gasteiger partial charge < -0.3 is 10.2 Å². The van der Waals surface area contributed by atoms with E-state index in [0.29, 0.717) is 0 Å². The molecule has 1 rings (SSSR count). The maximum atomic E-state index is 11.9. The third kappa shape index (κ3) is 5.59. The highest BCUT2D eigenvalue weighted by Crippen LogP contribution is 2.26. The number of hydrogen-bond acceptors (Lipinski definition) is 3. The molecule has 0 saturated carbocycles. The molecule has 1 N–H and O–H groups in total. The van der Waals surface area contributed by atoms with Crippen molar-refractivity contribution in [3.05, 3.63) is 29.3 Å². The average Bonchev–Trinajstić information content (AvgIpc) is 2.45. The van der Waals surface area contributed by atoms with Gasteiger partial charge in [0.05, 0.1) is 5.71 Å². The Kier molecular flexibility index (Phi) is 7.32. The normalized spacial score (nSPS) is 14.4. The topological polar surface area (TPSA) is 50.7 Å².